The highest BCUT2D eigenvalue weighted by atomic mass is 16.2. The first-order chi connectivity index (χ1) is 12.5. The van der Waals surface area contributed by atoms with Gasteiger partial charge in [0.2, 0.25) is 5.91 Å². The van der Waals surface area contributed by atoms with Crippen LogP contribution in [0.5, 0.6) is 0 Å². The molecule has 146 valence electrons. The molecule has 0 aromatic carbocycles. The molecule has 1 aromatic heterocycles. The summed E-state index contributed by atoms with van der Waals surface area (Å²) in [5.74, 6) is 1.05. The molecule has 8 nitrogen and oxygen atoms in total. The number of aromatic nitrogens is 2. The summed E-state index contributed by atoms with van der Waals surface area (Å²) >= 11 is 0. The average molecular weight is 364 g/mol. The number of piperazine rings is 1. The topological polar surface area (TPSA) is 77.8 Å². The highest BCUT2D eigenvalue weighted by Crippen LogP contribution is 2.03. The van der Waals surface area contributed by atoms with Crippen molar-refractivity contribution in [2.75, 3.05) is 45.8 Å². The van der Waals surface area contributed by atoms with Crippen molar-refractivity contribution in [3.63, 3.8) is 0 Å². The summed E-state index contributed by atoms with van der Waals surface area (Å²) in [6, 6.07) is 0.190. The van der Waals surface area contributed by atoms with Gasteiger partial charge in [-0.3, -0.25) is 19.4 Å². The van der Waals surface area contributed by atoms with Crippen molar-refractivity contribution in [1.82, 2.24) is 30.2 Å². The van der Waals surface area contributed by atoms with Crippen LogP contribution in [0.25, 0.3) is 0 Å². The second-order valence-electron chi connectivity index (χ2n) is 7.00. The molecule has 0 radical (unpaired) electrons. The second-order valence-corrected chi connectivity index (χ2v) is 7.00. The normalized spacial score (nSPS) is 16.2. The first kappa shape index (κ1) is 20.2. The molecule has 0 aliphatic carbocycles. The number of amides is 1. The van der Waals surface area contributed by atoms with Crippen molar-refractivity contribution in [3.8, 4) is 0 Å². The molecule has 1 amide bonds. The molecule has 2 N–H and O–H groups in total. The van der Waals surface area contributed by atoms with Gasteiger partial charge in [0.15, 0.2) is 5.96 Å². The van der Waals surface area contributed by atoms with E-state index >= 15 is 0 Å². The Kier molecular flexibility index (Phi) is 7.90. The van der Waals surface area contributed by atoms with E-state index in [0.29, 0.717) is 13.1 Å². The van der Waals surface area contributed by atoms with Gasteiger partial charge < -0.3 is 15.5 Å². The van der Waals surface area contributed by atoms with E-state index in [1.54, 1.807) is 0 Å². The van der Waals surface area contributed by atoms with Gasteiger partial charge in [0.25, 0.3) is 0 Å². The third-order valence-corrected chi connectivity index (χ3v) is 4.18. The summed E-state index contributed by atoms with van der Waals surface area (Å²) in [7, 11) is 0. The minimum Gasteiger partial charge on any atom is -0.357 e. The van der Waals surface area contributed by atoms with Crippen LogP contribution >= 0.6 is 0 Å². The van der Waals surface area contributed by atoms with Crippen LogP contribution in [0.4, 0.5) is 0 Å². The first-order valence-electron chi connectivity index (χ1n) is 9.52. The number of carbonyl (C=O) groups excluding carboxylic acids is 1. The van der Waals surface area contributed by atoms with E-state index in [0.717, 1.165) is 45.2 Å². The fourth-order valence-electron chi connectivity index (χ4n) is 2.96. The Bertz CT molecular complexity index is 588. The average Bonchev–Trinajstić information content (AvgIpc) is 2.99. The lowest BCUT2D eigenvalue weighted by Gasteiger charge is -2.36. The molecule has 8 heteroatoms. The number of hydrogen-bond acceptors (Lipinski definition) is 4. The Labute approximate surface area is 156 Å². The number of nitrogens with zero attached hydrogens (tertiary/aromatic N) is 5. The third kappa shape index (κ3) is 6.67. The summed E-state index contributed by atoms with van der Waals surface area (Å²) < 4.78 is 1.92. The first-order valence-corrected chi connectivity index (χ1v) is 9.52. The zero-order valence-electron chi connectivity index (χ0n) is 16.5. The lowest BCUT2D eigenvalue weighted by molar-refractivity contribution is -0.123. The van der Waals surface area contributed by atoms with E-state index in [-0.39, 0.29) is 11.9 Å². The van der Waals surface area contributed by atoms with E-state index in [9.17, 15) is 4.79 Å². The predicted octanol–water partition coefficient (Wildman–Crippen LogP) is 0.299. The summed E-state index contributed by atoms with van der Waals surface area (Å²) in [5, 5.41) is 10.6. The van der Waals surface area contributed by atoms with Gasteiger partial charge in [0.1, 0.15) is 0 Å². The number of aryl methyl sites for hydroxylation is 1. The molecule has 0 saturated carbocycles. The van der Waals surface area contributed by atoms with E-state index in [4.69, 9.17) is 4.99 Å². The second kappa shape index (κ2) is 10.2. The maximum atomic E-state index is 11.9. The molecule has 1 aliphatic rings. The van der Waals surface area contributed by atoms with E-state index in [1.165, 1.54) is 5.56 Å². The van der Waals surface area contributed by atoms with E-state index < -0.39 is 0 Å². The van der Waals surface area contributed by atoms with Crippen LogP contribution in [-0.4, -0.2) is 83.3 Å². The van der Waals surface area contributed by atoms with E-state index in [2.05, 4.69) is 32.5 Å². The summed E-state index contributed by atoms with van der Waals surface area (Å²) in [6.07, 6.45) is 3.90. The minimum atomic E-state index is 0.100. The van der Waals surface area contributed by atoms with Crippen LogP contribution in [0.15, 0.2) is 17.4 Å². The molecule has 26 heavy (non-hydrogen) atoms. The van der Waals surface area contributed by atoms with E-state index in [1.807, 2.05) is 37.8 Å². The number of rotatable bonds is 7. The Balaban J connectivity index is 1.81. The third-order valence-electron chi connectivity index (χ3n) is 4.18. The molecule has 0 bridgehead atoms. The molecule has 1 aliphatic heterocycles. The van der Waals surface area contributed by atoms with Crippen molar-refractivity contribution in [3.05, 3.63) is 18.0 Å². The maximum absolute atomic E-state index is 11.9. The van der Waals surface area contributed by atoms with Crippen molar-refractivity contribution >= 4 is 11.9 Å². The standard InChI is InChI=1S/C18H33N7O/c1-5-19-18(20-6-7-25-13-16(4)12-21-25)24-10-8-23(9-11-24)14-17(26)22-15(2)3/h12-13,15H,5-11,14H2,1-4H3,(H,19,20)(H,22,26). The molecule has 2 rings (SSSR count). The van der Waals surface area contributed by atoms with Crippen LogP contribution in [0.1, 0.15) is 26.3 Å². The van der Waals surface area contributed by atoms with Gasteiger partial charge in [-0.1, -0.05) is 0 Å². The Hall–Kier alpha value is -2.09. The lowest BCUT2D eigenvalue weighted by Crippen LogP contribution is -2.54. The number of aliphatic imine (C=N–C) groups is 1. The molecular formula is C18H33N7O. The largest absolute Gasteiger partial charge is 0.357 e. The quantitative estimate of drug-likeness (QED) is 0.538. The zero-order valence-corrected chi connectivity index (χ0v) is 16.5. The highest BCUT2D eigenvalue weighted by molar-refractivity contribution is 5.80. The van der Waals surface area contributed by atoms with Crippen LogP contribution in [0, 0.1) is 6.92 Å². The fraction of sp³-hybridized carbons (Fsp3) is 0.722. The van der Waals surface area contributed by atoms with Gasteiger partial charge in [-0.25, -0.2) is 0 Å². The summed E-state index contributed by atoms with van der Waals surface area (Å²) in [6.45, 7) is 14.4. The molecule has 2 heterocycles. The zero-order chi connectivity index (χ0) is 18.9. The van der Waals surface area contributed by atoms with Gasteiger partial charge in [-0.05, 0) is 33.3 Å². The number of carbonyl (C=O) groups is 1. The Morgan fingerprint density at radius 1 is 1.31 bits per heavy atom. The molecule has 0 spiro atoms. The smallest absolute Gasteiger partial charge is 0.234 e. The number of nitrogens with one attached hydrogen (secondary N) is 2. The van der Waals surface area contributed by atoms with Crippen LogP contribution < -0.4 is 10.6 Å². The van der Waals surface area contributed by atoms with Gasteiger partial charge in [-0.2, -0.15) is 5.10 Å². The van der Waals surface area contributed by atoms with Crippen molar-refractivity contribution in [2.24, 2.45) is 4.99 Å². The number of guanidine groups is 1. The molecule has 0 atom stereocenters. The molecule has 1 saturated heterocycles. The van der Waals surface area contributed by atoms with Gasteiger partial charge >= 0.3 is 0 Å². The molecule has 0 unspecified atom stereocenters. The Morgan fingerprint density at radius 3 is 2.62 bits per heavy atom. The predicted molar refractivity (Wildman–Crippen MR) is 104 cm³/mol. The molecule has 1 aromatic rings. The minimum absolute atomic E-state index is 0.100. The molecular weight excluding hydrogens is 330 g/mol. The SMILES string of the molecule is CCNC(=NCCn1cc(C)cn1)N1CCN(CC(=O)NC(C)C)CC1. The van der Waals surface area contributed by atoms with Crippen molar-refractivity contribution in [2.45, 2.75) is 40.3 Å². The summed E-state index contributed by atoms with van der Waals surface area (Å²) in [5.41, 5.74) is 1.17. The van der Waals surface area contributed by atoms with Gasteiger partial charge in [0.05, 0.1) is 25.8 Å². The van der Waals surface area contributed by atoms with Crippen molar-refractivity contribution in [1.29, 1.82) is 0 Å². The van der Waals surface area contributed by atoms with Gasteiger partial charge in [-0.15, -0.1) is 0 Å². The summed E-state index contributed by atoms with van der Waals surface area (Å²) in [4.78, 5) is 21.1. The highest BCUT2D eigenvalue weighted by Gasteiger charge is 2.21. The van der Waals surface area contributed by atoms with Crippen LogP contribution in [0.3, 0.4) is 0 Å². The van der Waals surface area contributed by atoms with Crippen molar-refractivity contribution < 1.29 is 4.79 Å². The number of hydrogen-bond donors (Lipinski definition) is 2. The fourth-order valence-corrected chi connectivity index (χ4v) is 2.96. The van der Waals surface area contributed by atoms with Crippen LogP contribution in [0.2, 0.25) is 0 Å². The maximum Gasteiger partial charge on any atom is 0.234 e. The van der Waals surface area contributed by atoms with Crippen LogP contribution in [-0.2, 0) is 11.3 Å². The lowest BCUT2D eigenvalue weighted by atomic mass is 10.3. The monoisotopic (exact) mass is 363 g/mol. The Morgan fingerprint density at radius 2 is 2.04 bits per heavy atom. The van der Waals surface area contributed by atoms with Gasteiger partial charge in [0, 0.05) is 45.0 Å². The molecule has 1 fully saturated rings.